The van der Waals surface area contributed by atoms with Crippen molar-refractivity contribution < 1.29 is 13.2 Å². The van der Waals surface area contributed by atoms with Gasteiger partial charge in [0.25, 0.3) is 0 Å². The number of nitrogens with two attached hydrogens (primary N) is 2. The molecule has 18 heavy (non-hydrogen) atoms. The predicted octanol–water partition coefficient (Wildman–Crippen LogP) is -0.0463. The van der Waals surface area contributed by atoms with E-state index in [1.807, 2.05) is 0 Å². The van der Waals surface area contributed by atoms with Crippen LogP contribution in [-0.2, 0) is 20.6 Å². The number of primary amides is 1. The van der Waals surface area contributed by atoms with Gasteiger partial charge in [0.05, 0.1) is 5.75 Å². The van der Waals surface area contributed by atoms with Crippen molar-refractivity contribution in [1.29, 1.82) is 0 Å². The lowest BCUT2D eigenvalue weighted by Crippen LogP contribution is -2.27. The quantitative estimate of drug-likeness (QED) is 0.476. The number of anilines is 1. The van der Waals surface area contributed by atoms with Crippen LogP contribution in [0.2, 0.25) is 0 Å². The maximum absolute atomic E-state index is 11.7. The summed E-state index contributed by atoms with van der Waals surface area (Å²) >= 11 is 0. The van der Waals surface area contributed by atoms with E-state index < -0.39 is 15.9 Å². The lowest BCUT2D eigenvalue weighted by Gasteiger charge is -2.08. The van der Waals surface area contributed by atoms with Crippen LogP contribution < -0.4 is 16.2 Å². The molecule has 100 valence electrons. The minimum atomic E-state index is -3.44. The minimum absolute atomic E-state index is 0.163. The highest BCUT2D eigenvalue weighted by molar-refractivity contribution is 7.88. The number of carbonyl (C=O) groups is 1. The van der Waals surface area contributed by atoms with Gasteiger partial charge in [-0.1, -0.05) is 18.2 Å². The fourth-order valence-corrected chi connectivity index (χ4v) is 2.64. The number of amides is 1. The van der Waals surface area contributed by atoms with Gasteiger partial charge in [-0.2, -0.15) is 0 Å². The van der Waals surface area contributed by atoms with E-state index in [2.05, 4.69) is 4.72 Å². The Morgan fingerprint density at radius 2 is 1.94 bits per heavy atom. The monoisotopic (exact) mass is 271 g/mol. The van der Waals surface area contributed by atoms with E-state index in [1.54, 1.807) is 24.3 Å². The largest absolute Gasteiger partial charge is 0.398 e. The number of nitrogen functional groups attached to an aromatic ring is 1. The van der Waals surface area contributed by atoms with Crippen molar-refractivity contribution in [2.24, 2.45) is 5.73 Å². The number of nitrogens with one attached hydrogen (secondary N) is 1. The molecule has 0 saturated carbocycles. The van der Waals surface area contributed by atoms with E-state index in [0.717, 1.165) is 0 Å². The Morgan fingerprint density at radius 1 is 1.28 bits per heavy atom. The van der Waals surface area contributed by atoms with E-state index in [4.69, 9.17) is 11.5 Å². The van der Waals surface area contributed by atoms with Crippen LogP contribution in [0.3, 0.4) is 0 Å². The maximum atomic E-state index is 11.7. The van der Waals surface area contributed by atoms with Crippen molar-refractivity contribution in [1.82, 2.24) is 4.72 Å². The summed E-state index contributed by atoms with van der Waals surface area (Å²) in [7, 11) is -3.44. The molecule has 1 aromatic carbocycles. The fraction of sp³-hybridized carbons (Fsp3) is 0.364. The Balaban J connectivity index is 2.50. The first-order valence-corrected chi connectivity index (χ1v) is 7.15. The number of benzene rings is 1. The van der Waals surface area contributed by atoms with Crippen molar-refractivity contribution in [3.8, 4) is 0 Å². The van der Waals surface area contributed by atoms with Crippen LogP contribution >= 0.6 is 0 Å². The summed E-state index contributed by atoms with van der Waals surface area (Å²) in [6.45, 7) is 0.192. The van der Waals surface area contributed by atoms with Gasteiger partial charge in [-0.05, 0) is 18.1 Å². The Kier molecular flexibility index (Phi) is 5.11. The smallest absolute Gasteiger partial charge is 0.217 e. The van der Waals surface area contributed by atoms with Crippen LogP contribution in [-0.4, -0.2) is 20.9 Å². The van der Waals surface area contributed by atoms with Crippen LogP contribution in [0, 0.1) is 0 Å². The molecular weight excluding hydrogens is 254 g/mol. The zero-order valence-corrected chi connectivity index (χ0v) is 10.7. The van der Waals surface area contributed by atoms with E-state index >= 15 is 0 Å². The summed E-state index contributed by atoms with van der Waals surface area (Å²) in [6, 6.07) is 6.79. The number of hydrogen-bond acceptors (Lipinski definition) is 4. The SMILES string of the molecule is NC(=O)CCCNS(=O)(=O)Cc1ccccc1N. The Hall–Kier alpha value is -1.60. The first-order valence-electron chi connectivity index (χ1n) is 5.50. The lowest BCUT2D eigenvalue weighted by atomic mass is 10.2. The van der Waals surface area contributed by atoms with Gasteiger partial charge in [0.2, 0.25) is 15.9 Å². The molecule has 0 fully saturated rings. The zero-order chi connectivity index (χ0) is 13.6. The van der Waals surface area contributed by atoms with Crippen LogP contribution in [0.5, 0.6) is 0 Å². The molecule has 1 amide bonds. The molecule has 0 aliphatic carbocycles. The van der Waals surface area contributed by atoms with Gasteiger partial charge < -0.3 is 11.5 Å². The molecule has 0 aliphatic rings. The van der Waals surface area contributed by atoms with Gasteiger partial charge in [-0.3, -0.25) is 4.79 Å². The molecule has 0 atom stereocenters. The highest BCUT2D eigenvalue weighted by Gasteiger charge is 2.12. The van der Waals surface area contributed by atoms with Crippen molar-refractivity contribution in [2.75, 3.05) is 12.3 Å². The third kappa shape index (κ3) is 5.15. The Morgan fingerprint density at radius 3 is 2.56 bits per heavy atom. The van der Waals surface area contributed by atoms with Gasteiger partial charge in [0.1, 0.15) is 0 Å². The number of rotatable bonds is 7. The number of para-hydroxylation sites is 1. The molecule has 7 heteroatoms. The summed E-state index contributed by atoms with van der Waals surface area (Å²) in [4.78, 5) is 10.5. The lowest BCUT2D eigenvalue weighted by molar-refractivity contribution is -0.118. The summed E-state index contributed by atoms with van der Waals surface area (Å²) in [5.41, 5.74) is 11.6. The maximum Gasteiger partial charge on any atom is 0.217 e. The number of hydrogen-bond donors (Lipinski definition) is 3. The normalized spacial score (nSPS) is 11.3. The molecule has 1 rings (SSSR count). The van der Waals surface area contributed by atoms with E-state index in [0.29, 0.717) is 17.7 Å². The Bertz CT molecular complexity index is 514. The van der Waals surface area contributed by atoms with Gasteiger partial charge >= 0.3 is 0 Å². The highest BCUT2D eigenvalue weighted by Crippen LogP contribution is 2.13. The van der Waals surface area contributed by atoms with E-state index in [1.165, 1.54) is 0 Å². The molecule has 0 bridgehead atoms. The second-order valence-corrected chi connectivity index (χ2v) is 5.73. The topological polar surface area (TPSA) is 115 Å². The first kappa shape index (κ1) is 14.5. The van der Waals surface area contributed by atoms with E-state index in [-0.39, 0.29) is 18.7 Å². The molecule has 1 aromatic rings. The van der Waals surface area contributed by atoms with Gasteiger partial charge in [0, 0.05) is 18.7 Å². The van der Waals surface area contributed by atoms with Crippen molar-refractivity contribution in [3.63, 3.8) is 0 Å². The molecule has 6 nitrogen and oxygen atoms in total. The molecule has 0 saturated heterocycles. The van der Waals surface area contributed by atoms with Gasteiger partial charge in [-0.25, -0.2) is 13.1 Å². The van der Waals surface area contributed by atoms with Crippen LogP contribution in [0.4, 0.5) is 5.69 Å². The molecule has 0 heterocycles. The average Bonchev–Trinajstić information content (AvgIpc) is 2.27. The number of sulfonamides is 1. The first-order chi connectivity index (χ1) is 8.41. The summed E-state index contributed by atoms with van der Waals surface area (Å²) in [5.74, 6) is -0.613. The summed E-state index contributed by atoms with van der Waals surface area (Å²) in [6.07, 6.45) is 0.550. The van der Waals surface area contributed by atoms with Gasteiger partial charge in [-0.15, -0.1) is 0 Å². The standard InChI is InChI=1S/C11H17N3O3S/c12-10-5-2-1-4-9(10)8-18(16,17)14-7-3-6-11(13)15/h1-2,4-5,14H,3,6-8,12H2,(H2,13,15). The second kappa shape index (κ2) is 6.36. The van der Waals surface area contributed by atoms with Crippen molar-refractivity contribution >= 4 is 21.6 Å². The third-order valence-electron chi connectivity index (χ3n) is 2.32. The molecule has 0 spiro atoms. The Labute approximate surface area is 106 Å². The summed E-state index contributed by atoms with van der Waals surface area (Å²) in [5, 5.41) is 0. The average molecular weight is 271 g/mol. The van der Waals surface area contributed by atoms with Crippen molar-refractivity contribution in [2.45, 2.75) is 18.6 Å². The van der Waals surface area contributed by atoms with Crippen molar-refractivity contribution in [3.05, 3.63) is 29.8 Å². The molecule has 0 aliphatic heterocycles. The molecular formula is C11H17N3O3S. The third-order valence-corrected chi connectivity index (χ3v) is 3.66. The molecule has 5 N–H and O–H groups in total. The fourth-order valence-electron chi connectivity index (χ4n) is 1.41. The van der Waals surface area contributed by atoms with Crippen LogP contribution in [0.1, 0.15) is 18.4 Å². The minimum Gasteiger partial charge on any atom is -0.398 e. The van der Waals surface area contributed by atoms with Gasteiger partial charge in [0.15, 0.2) is 0 Å². The second-order valence-electron chi connectivity index (χ2n) is 3.92. The van der Waals surface area contributed by atoms with E-state index in [9.17, 15) is 13.2 Å². The zero-order valence-electron chi connectivity index (χ0n) is 9.93. The molecule has 0 unspecified atom stereocenters. The highest BCUT2D eigenvalue weighted by atomic mass is 32.2. The molecule has 0 aromatic heterocycles. The van der Waals surface area contributed by atoms with Crippen LogP contribution in [0.25, 0.3) is 0 Å². The summed E-state index contributed by atoms with van der Waals surface area (Å²) < 4.78 is 25.8. The number of carbonyl (C=O) groups excluding carboxylic acids is 1. The predicted molar refractivity (Wildman–Crippen MR) is 69.9 cm³/mol. The van der Waals surface area contributed by atoms with Crippen LogP contribution in [0.15, 0.2) is 24.3 Å². The molecule has 0 radical (unpaired) electrons.